The first-order chi connectivity index (χ1) is 11.5. The van der Waals surface area contributed by atoms with Crippen molar-refractivity contribution in [2.45, 2.75) is 32.6 Å². The van der Waals surface area contributed by atoms with E-state index in [9.17, 15) is 9.59 Å². The highest BCUT2D eigenvalue weighted by atomic mass is 32.1. The molecular formula is C18H21N3O2S. The maximum Gasteiger partial charge on any atom is 0.269 e. The van der Waals surface area contributed by atoms with E-state index >= 15 is 0 Å². The third-order valence-electron chi connectivity index (χ3n) is 3.76. The highest BCUT2D eigenvalue weighted by Gasteiger charge is 2.12. The molecule has 0 saturated carbocycles. The van der Waals surface area contributed by atoms with Crippen molar-refractivity contribution in [3.8, 4) is 0 Å². The van der Waals surface area contributed by atoms with E-state index in [1.165, 1.54) is 18.1 Å². The van der Waals surface area contributed by atoms with E-state index in [-0.39, 0.29) is 16.9 Å². The highest BCUT2D eigenvalue weighted by Crippen LogP contribution is 2.27. The molecule has 0 radical (unpaired) electrons. The van der Waals surface area contributed by atoms with Crippen LogP contribution < -0.4 is 16.2 Å². The molecule has 5 nitrogen and oxygen atoms in total. The highest BCUT2D eigenvalue weighted by molar-refractivity contribution is 7.80. The minimum Gasteiger partial charge on any atom is -0.302 e. The number of amides is 2. The van der Waals surface area contributed by atoms with Gasteiger partial charge in [-0.25, -0.2) is 0 Å². The van der Waals surface area contributed by atoms with Gasteiger partial charge in [-0.1, -0.05) is 42.9 Å². The first kappa shape index (κ1) is 17.9. The first-order valence-electron chi connectivity index (χ1n) is 7.84. The van der Waals surface area contributed by atoms with Gasteiger partial charge in [-0.2, -0.15) is 0 Å². The molecule has 1 aromatic rings. The van der Waals surface area contributed by atoms with Crippen LogP contribution in [0.5, 0.6) is 0 Å². The van der Waals surface area contributed by atoms with Crippen LogP contribution in [0.25, 0.3) is 0 Å². The van der Waals surface area contributed by atoms with Crippen molar-refractivity contribution in [2.24, 2.45) is 0 Å². The van der Waals surface area contributed by atoms with Gasteiger partial charge in [-0.3, -0.25) is 20.4 Å². The Hall–Kier alpha value is -2.47. The summed E-state index contributed by atoms with van der Waals surface area (Å²) in [5, 5.41) is 2.42. The largest absolute Gasteiger partial charge is 0.302 e. The van der Waals surface area contributed by atoms with Crippen LogP contribution in [0.2, 0.25) is 0 Å². The maximum absolute atomic E-state index is 12.0. The number of nitrogens with one attached hydrogen (secondary N) is 3. The standard InChI is InChI=1S/C18H21N3O2S/c1-3-13-4-6-14(7-5-13)15-8-10-16(11-9-15)17(23)20-21-18(24)19-12(2)22/h4-6,8-11,14H,3,7H2,1-2H3,(H,20,23)(H2,19,21,22,24). The minimum atomic E-state index is -0.318. The molecule has 0 aromatic heterocycles. The van der Waals surface area contributed by atoms with Gasteiger partial charge in [0.15, 0.2) is 5.11 Å². The van der Waals surface area contributed by atoms with Crippen LogP contribution in [0.4, 0.5) is 0 Å². The van der Waals surface area contributed by atoms with Gasteiger partial charge in [0.1, 0.15) is 0 Å². The van der Waals surface area contributed by atoms with Crippen molar-refractivity contribution in [3.05, 3.63) is 59.2 Å². The first-order valence-corrected chi connectivity index (χ1v) is 8.25. The minimum absolute atomic E-state index is 0.0540. The molecule has 1 aliphatic rings. The predicted octanol–water partition coefficient (Wildman–Crippen LogP) is 2.72. The SMILES string of the molecule is CCC1=CCC(c2ccc(C(=O)NNC(=S)NC(C)=O)cc2)C=C1. The summed E-state index contributed by atoms with van der Waals surface area (Å²) in [6, 6.07) is 7.48. The summed E-state index contributed by atoms with van der Waals surface area (Å²) in [5.74, 6) is -0.267. The lowest BCUT2D eigenvalue weighted by Gasteiger charge is -2.16. The molecule has 6 heteroatoms. The van der Waals surface area contributed by atoms with Crippen LogP contribution >= 0.6 is 12.2 Å². The number of thiocarbonyl (C=S) groups is 1. The van der Waals surface area contributed by atoms with Gasteiger partial charge < -0.3 is 5.32 Å². The fourth-order valence-electron chi connectivity index (χ4n) is 2.43. The second kappa shape index (κ2) is 8.40. The van der Waals surface area contributed by atoms with Gasteiger partial charge in [0, 0.05) is 18.4 Å². The molecule has 1 aliphatic carbocycles. The number of hydrazine groups is 1. The van der Waals surface area contributed by atoms with Gasteiger partial charge in [-0.15, -0.1) is 0 Å². The van der Waals surface area contributed by atoms with Crippen LogP contribution in [0, 0.1) is 0 Å². The molecule has 0 saturated heterocycles. The molecule has 0 fully saturated rings. The van der Waals surface area contributed by atoms with E-state index in [0.29, 0.717) is 11.5 Å². The molecule has 0 spiro atoms. The Morgan fingerprint density at radius 1 is 1.21 bits per heavy atom. The molecule has 1 atom stereocenters. The van der Waals surface area contributed by atoms with Gasteiger partial charge in [0.05, 0.1) is 0 Å². The lowest BCUT2D eigenvalue weighted by atomic mass is 9.89. The van der Waals surface area contributed by atoms with E-state index in [1.807, 2.05) is 12.1 Å². The number of hydrogen-bond acceptors (Lipinski definition) is 3. The van der Waals surface area contributed by atoms with Crippen molar-refractivity contribution < 1.29 is 9.59 Å². The average molecular weight is 343 g/mol. The summed E-state index contributed by atoms with van der Waals surface area (Å²) in [6.07, 6.45) is 8.68. The van der Waals surface area contributed by atoms with Crippen molar-refractivity contribution in [2.75, 3.05) is 0 Å². The number of carbonyl (C=O) groups is 2. The zero-order chi connectivity index (χ0) is 17.5. The number of benzene rings is 1. The van der Waals surface area contributed by atoms with Crippen molar-refractivity contribution >= 4 is 29.1 Å². The fourth-order valence-corrected chi connectivity index (χ4v) is 2.63. The van der Waals surface area contributed by atoms with Gasteiger partial charge in [0.2, 0.25) is 5.91 Å². The van der Waals surface area contributed by atoms with Gasteiger partial charge in [0.25, 0.3) is 5.91 Å². The monoisotopic (exact) mass is 343 g/mol. The van der Waals surface area contributed by atoms with Gasteiger partial charge >= 0.3 is 0 Å². The Bertz CT molecular complexity index is 693. The number of carbonyl (C=O) groups excluding carboxylic acids is 2. The summed E-state index contributed by atoms with van der Waals surface area (Å²) in [7, 11) is 0. The van der Waals surface area contributed by atoms with Crippen molar-refractivity contribution in [1.29, 1.82) is 0 Å². The topological polar surface area (TPSA) is 70.2 Å². The number of rotatable bonds is 3. The van der Waals surface area contributed by atoms with Crippen molar-refractivity contribution in [1.82, 2.24) is 16.2 Å². The molecule has 2 amide bonds. The van der Waals surface area contributed by atoms with E-state index in [4.69, 9.17) is 12.2 Å². The van der Waals surface area contributed by atoms with Crippen LogP contribution in [-0.4, -0.2) is 16.9 Å². The third-order valence-corrected chi connectivity index (χ3v) is 3.97. The Kier molecular flexibility index (Phi) is 6.26. The second-order valence-corrected chi connectivity index (χ2v) is 5.95. The summed E-state index contributed by atoms with van der Waals surface area (Å²) in [6.45, 7) is 3.49. The normalized spacial score (nSPS) is 16.1. The van der Waals surface area contributed by atoms with E-state index in [2.05, 4.69) is 41.3 Å². The molecule has 0 bridgehead atoms. The Morgan fingerprint density at radius 2 is 1.92 bits per heavy atom. The maximum atomic E-state index is 12.0. The molecule has 0 heterocycles. The summed E-state index contributed by atoms with van der Waals surface area (Å²) in [5.41, 5.74) is 7.99. The van der Waals surface area contributed by atoms with Gasteiger partial charge in [-0.05, 0) is 42.8 Å². The number of hydrogen-bond donors (Lipinski definition) is 3. The third kappa shape index (κ3) is 5.03. The molecule has 1 aromatic carbocycles. The molecule has 3 N–H and O–H groups in total. The second-order valence-electron chi connectivity index (χ2n) is 5.55. The van der Waals surface area contributed by atoms with E-state index in [0.717, 1.165) is 12.8 Å². The summed E-state index contributed by atoms with van der Waals surface area (Å²) < 4.78 is 0. The Morgan fingerprint density at radius 3 is 2.46 bits per heavy atom. The van der Waals surface area contributed by atoms with Crippen LogP contribution in [0.15, 0.2) is 48.1 Å². The smallest absolute Gasteiger partial charge is 0.269 e. The molecule has 24 heavy (non-hydrogen) atoms. The lowest BCUT2D eigenvalue weighted by molar-refractivity contribution is -0.117. The molecule has 1 unspecified atom stereocenters. The Balaban J connectivity index is 1.91. The zero-order valence-corrected chi connectivity index (χ0v) is 14.6. The molecular weight excluding hydrogens is 322 g/mol. The fraction of sp³-hybridized carbons (Fsp3) is 0.278. The van der Waals surface area contributed by atoms with Crippen LogP contribution in [0.1, 0.15) is 48.5 Å². The molecule has 2 rings (SSSR count). The summed E-state index contributed by atoms with van der Waals surface area (Å²) >= 11 is 4.85. The average Bonchev–Trinajstić information content (AvgIpc) is 2.59. The molecule has 126 valence electrons. The zero-order valence-electron chi connectivity index (χ0n) is 13.8. The van der Waals surface area contributed by atoms with E-state index in [1.54, 1.807) is 12.1 Å². The number of allylic oxidation sites excluding steroid dienone is 4. The lowest BCUT2D eigenvalue weighted by Crippen LogP contribution is -2.47. The summed E-state index contributed by atoms with van der Waals surface area (Å²) in [4.78, 5) is 22.9. The quantitative estimate of drug-likeness (QED) is 0.583. The van der Waals surface area contributed by atoms with Crippen molar-refractivity contribution in [3.63, 3.8) is 0 Å². The van der Waals surface area contributed by atoms with Crippen LogP contribution in [0.3, 0.4) is 0 Å². The van der Waals surface area contributed by atoms with E-state index < -0.39 is 0 Å². The molecule has 0 aliphatic heterocycles. The Labute approximate surface area is 147 Å². The predicted molar refractivity (Wildman–Crippen MR) is 98.3 cm³/mol. The van der Waals surface area contributed by atoms with Crippen LogP contribution in [-0.2, 0) is 4.79 Å².